The Morgan fingerprint density at radius 1 is 1.61 bits per heavy atom. The fraction of sp³-hybridized carbons (Fsp3) is 0.700. The highest BCUT2D eigenvalue weighted by Crippen LogP contribution is 2.19. The van der Waals surface area contributed by atoms with E-state index in [1.807, 2.05) is 0 Å². The average molecular weight is 274 g/mol. The van der Waals surface area contributed by atoms with E-state index in [4.69, 9.17) is 10.5 Å². The van der Waals surface area contributed by atoms with Crippen molar-refractivity contribution in [3.8, 4) is 0 Å². The molecule has 2 rings (SSSR count). The number of aryl methyl sites for hydroxylation is 2. The van der Waals surface area contributed by atoms with Gasteiger partial charge in [0.05, 0.1) is 19.3 Å². The van der Waals surface area contributed by atoms with Gasteiger partial charge in [-0.25, -0.2) is 13.4 Å². The molecule has 0 saturated carbocycles. The topological polar surface area (TPSA) is 90.4 Å². The molecule has 0 radical (unpaired) electrons. The summed E-state index contributed by atoms with van der Waals surface area (Å²) in [5, 5.41) is 0.0721. The Bertz CT molecular complexity index is 506. The summed E-state index contributed by atoms with van der Waals surface area (Å²) >= 11 is 0. The molecule has 1 aliphatic heterocycles. The first-order valence-electron chi connectivity index (χ1n) is 5.76. The van der Waals surface area contributed by atoms with Crippen LogP contribution in [0.3, 0.4) is 0 Å². The van der Waals surface area contributed by atoms with Crippen LogP contribution in [0.4, 0.5) is 0 Å². The zero-order chi connectivity index (χ0) is 13.3. The lowest BCUT2D eigenvalue weighted by Gasteiger charge is -2.33. The van der Waals surface area contributed by atoms with E-state index in [2.05, 4.69) is 4.98 Å². The van der Waals surface area contributed by atoms with Crippen LogP contribution < -0.4 is 5.73 Å². The second-order valence-electron chi connectivity index (χ2n) is 4.32. The summed E-state index contributed by atoms with van der Waals surface area (Å²) in [5.74, 6) is 0.658. The van der Waals surface area contributed by atoms with E-state index < -0.39 is 10.0 Å². The van der Waals surface area contributed by atoms with Crippen LogP contribution in [-0.4, -0.2) is 54.6 Å². The zero-order valence-corrected chi connectivity index (χ0v) is 11.4. The van der Waals surface area contributed by atoms with Gasteiger partial charge in [-0.05, 0) is 6.92 Å². The van der Waals surface area contributed by atoms with Crippen molar-refractivity contribution in [3.63, 3.8) is 0 Å². The second kappa shape index (κ2) is 4.96. The Morgan fingerprint density at radius 3 is 2.89 bits per heavy atom. The van der Waals surface area contributed by atoms with Crippen LogP contribution in [-0.2, 0) is 21.8 Å². The number of imidazole rings is 1. The third-order valence-electron chi connectivity index (χ3n) is 3.11. The predicted molar refractivity (Wildman–Crippen MR) is 65.5 cm³/mol. The molecule has 1 aromatic heterocycles. The summed E-state index contributed by atoms with van der Waals surface area (Å²) in [6.45, 7) is 3.05. The molecule has 1 saturated heterocycles. The molecule has 1 fully saturated rings. The lowest BCUT2D eigenvalue weighted by molar-refractivity contribution is 0.0357. The molecule has 1 atom stereocenters. The van der Waals surface area contributed by atoms with E-state index in [9.17, 15) is 8.42 Å². The Morgan fingerprint density at radius 2 is 2.33 bits per heavy atom. The number of rotatable bonds is 3. The van der Waals surface area contributed by atoms with Gasteiger partial charge in [-0.3, -0.25) is 0 Å². The van der Waals surface area contributed by atoms with E-state index in [0.29, 0.717) is 25.6 Å². The molecular formula is C10H18N4O3S. The van der Waals surface area contributed by atoms with Gasteiger partial charge >= 0.3 is 0 Å². The smallest absolute Gasteiger partial charge is 0.262 e. The number of sulfonamides is 1. The highest BCUT2D eigenvalue weighted by atomic mass is 32.2. The van der Waals surface area contributed by atoms with Crippen molar-refractivity contribution in [3.05, 3.63) is 12.0 Å². The molecular weight excluding hydrogens is 256 g/mol. The van der Waals surface area contributed by atoms with Crippen LogP contribution in [0.25, 0.3) is 0 Å². The van der Waals surface area contributed by atoms with E-state index in [1.54, 1.807) is 18.5 Å². The molecule has 0 aromatic carbocycles. The number of morpholine rings is 1. The van der Waals surface area contributed by atoms with E-state index >= 15 is 0 Å². The third kappa shape index (κ3) is 2.28. The molecule has 0 spiro atoms. The Balaban J connectivity index is 2.35. The Kier molecular flexibility index (Phi) is 3.71. The van der Waals surface area contributed by atoms with Crippen molar-refractivity contribution < 1.29 is 13.2 Å². The zero-order valence-electron chi connectivity index (χ0n) is 10.5. The minimum absolute atomic E-state index is 0.0721. The molecule has 102 valence electrons. The molecule has 1 aromatic rings. The normalized spacial score (nSPS) is 22.3. The van der Waals surface area contributed by atoms with Gasteiger partial charge in [0.15, 0.2) is 5.03 Å². The van der Waals surface area contributed by atoms with Crippen molar-refractivity contribution in [2.24, 2.45) is 12.8 Å². The Hall–Kier alpha value is -0.960. The SMILES string of the molecule is Cc1nc(S(=O)(=O)N2CCOCC2CN)cn1C. The maximum atomic E-state index is 12.5. The van der Waals surface area contributed by atoms with Gasteiger partial charge < -0.3 is 15.0 Å². The summed E-state index contributed by atoms with van der Waals surface area (Å²) < 4.78 is 33.2. The Labute approximate surface area is 107 Å². The van der Waals surface area contributed by atoms with Gasteiger partial charge in [-0.2, -0.15) is 4.31 Å². The van der Waals surface area contributed by atoms with Crippen LogP contribution in [0.2, 0.25) is 0 Å². The van der Waals surface area contributed by atoms with Crippen molar-refractivity contribution >= 4 is 10.0 Å². The fourth-order valence-electron chi connectivity index (χ4n) is 1.91. The van der Waals surface area contributed by atoms with Gasteiger partial charge in [0.2, 0.25) is 0 Å². The van der Waals surface area contributed by atoms with Gasteiger partial charge in [0.25, 0.3) is 10.0 Å². The van der Waals surface area contributed by atoms with Crippen LogP contribution in [0.5, 0.6) is 0 Å². The highest BCUT2D eigenvalue weighted by Gasteiger charge is 2.34. The standard InChI is InChI=1S/C10H18N4O3S/c1-8-12-10(6-13(8)2)18(15,16)14-3-4-17-7-9(14)5-11/h6,9H,3-5,7,11H2,1-2H3. The average Bonchev–Trinajstić information content (AvgIpc) is 2.70. The van der Waals surface area contributed by atoms with Crippen LogP contribution in [0, 0.1) is 6.92 Å². The highest BCUT2D eigenvalue weighted by molar-refractivity contribution is 7.89. The summed E-state index contributed by atoms with van der Waals surface area (Å²) in [4.78, 5) is 4.08. The first-order valence-corrected chi connectivity index (χ1v) is 7.20. The summed E-state index contributed by atoms with van der Waals surface area (Å²) in [6.07, 6.45) is 1.52. The van der Waals surface area contributed by atoms with Crippen molar-refractivity contribution in [2.45, 2.75) is 18.0 Å². The van der Waals surface area contributed by atoms with E-state index in [-0.39, 0.29) is 17.6 Å². The molecule has 8 heteroatoms. The first-order chi connectivity index (χ1) is 8.46. The van der Waals surface area contributed by atoms with Crippen molar-refractivity contribution in [2.75, 3.05) is 26.3 Å². The quantitative estimate of drug-likeness (QED) is 0.769. The predicted octanol–water partition coefficient (Wildman–Crippen LogP) is -0.923. The summed E-state index contributed by atoms with van der Waals surface area (Å²) in [7, 11) is -1.82. The molecule has 0 bridgehead atoms. The molecule has 2 N–H and O–H groups in total. The number of aromatic nitrogens is 2. The molecule has 0 aliphatic carbocycles. The van der Waals surface area contributed by atoms with Gasteiger partial charge in [-0.15, -0.1) is 0 Å². The number of hydrogen-bond donors (Lipinski definition) is 1. The minimum atomic E-state index is -3.58. The molecule has 1 aliphatic rings. The second-order valence-corrected chi connectivity index (χ2v) is 6.15. The van der Waals surface area contributed by atoms with Gasteiger partial charge in [0, 0.05) is 26.3 Å². The minimum Gasteiger partial charge on any atom is -0.378 e. The number of hydrogen-bond acceptors (Lipinski definition) is 5. The van der Waals surface area contributed by atoms with Crippen LogP contribution >= 0.6 is 0 Å². The maximum Gasteiger partial charge on any atom is 0.262 e. The molecule has 7 nitrogen and oxygen atoms in total. The van der Waals surface area contributed by atoms with E-state index in [0.717, 1.165) is 0 Å². The largest absolute Gasteiger partial charge is 0.378 e. The lowest BCUT2D eigenvalue weighted by atomic mass is 10.3. The van der Waals surface area contributed by atoms with E-state index in [1.165, 1.54) is 10.5 Å². The summed E-state index contributed by atoms with van der Waals surface area (Å²) in [5.41, 5.74) is 5.59. The van der Waals surface area contributed by atoms with Gasteiger partial charge in [-0.1, -0.05) is 0 Å². The van der Waals surface area contributed by atoms with Crippen LogP contribution in [0.1, 0.15) is 5.82 Å². The number of nitrogens with zero attached hydrogens (tertiary/aromatic N) is 3. The molecule has 2 heterocycles. The van der Waals surface area contributed by atoms with Gasteiger partial charge in [0.1, 0.15) is 5.82 Å². The number of nitrogens with two attached hydrogens (primary N) is 1. The van der Waals surface area contributed by atoms with Crippen molar-refractivity contribution in [1.82, 2.24) is 13.9 Å². The summed E-state index contributed by atoms with van der Waals surface area (Å²) in [6, 6.07) is -0.314. The molecule has 0 amide bonds. The first kappa shape index (κ1) is 13.5. The monoisotopic (exact) mass is 274 g/mol. The molecule has 18 heavy (non-hydrogen) atoms. The fourth-order valence-corrected chi connectivity index (χ4v) is 3.55. The maximum absolute atomic E-state index is 12.5. The third-order valence-corrected chi connectivity index (χ3v) is 4.93. The number of ether oxygens (including phenoxy) is 1. The lowest BCUT2D eigenvalue weighted by Crippen LogP contribution is -2.51. The van der Waals surface area contributed by atoms with Crippen molar-refractivity contribution in [1.29, 1.82) is 0 Å². The van der Waals surface area contributed by atoms with Crippen LogP contribution in [0.15, 0.2) is 11.2 Å². The molecule has 1 unspecified atom stereocenters.